The van der Waals surface area contributed by atoms with Crippen LogP contribution in [0.15, 0.2) is 33.8 Å². The fraction of sp³-hybridized carbons (Fsp3) is 0.200. The second-order valence-electron chi connectivity index (χ2n) is 3.28. The van der Waals surface area contributed by atoms with Crippen LogP contribution in [0.25, 0.3) is 0 Å². The molecule has 6 heteroatoms. The van der Waals surface area contributed by atoms with Crippen LogP contribution in [-0.4, -0.2) is 9.36 Å². The van der Waals surface area contributed by atoms with Gasteiger partial charge in [-0.3, -0.25) is 0 Å². The van der Waals surface area contributed by atoms with Gasteiger partial charge in [0.2, 0.25) is 0 Å². The van der Waals surface area contributed by atoms with E-state index >= 15 is 0 Å². The molecule has 0 amide bonds. The molecule has 0 spiro atoms. The number of benzene rings is 1. The van der Waals surface area contributed by atoms with E-state index in [2.05, 4.69) is 9.36 Å². The minimum Gasteiger partial charge on any atom is -0.324 e. The van der Waals surface area contributed by atoms with Gasteiger partial charge in [0.1, 0.15) is 12.1 Å². The molecule has 1 atom stereocenters. The summed E-state index contributed by atoms with van der Waals surface area (Å²) in [5, 5.41) is 0. The zero-order chi connectivity index (χ0) is 11.5. The molecule has 0 aliphatic heterocycles. The lowest BCUT2D eigenvalue weighted by atomic mass is 10.1. The molecular formula is C10H10FN3S2. The normalized spacial score (nSPS) is 12.7. The highest BCUT2D eigenvalue weighted by atomic mass is 32.2. The van der Waals surface area contributed by atoms with Crippen LogP contribution < -0.4 is 5.73 Å². The Hall–Kier alpha value is -0.980. The van der Waals surface area contributed by atoms with Crippen molar-refractivity contribution in [1.82, 2.24) is 9.36 Å². The summed E-state index contributed by atoms with van der Waals surface area (Å²) < 4.78 is 17.8. The monoisotopic (exact) mass is 255 g/mol. The second-order valence-corrected chi connectivity index (χ2v) is 5.35. The van der Waals surface area contributed by atoms with Crippen LogP contribution >= 0.6 is 23.3 Å². The Bertz CT molecular complexity index is 471. The van der Waals surface area contributed by atoms with Gasteiger partial charge in [0.25, 0.3) is 0 Å². The van der Waals surface area contributed by atoms with Crippen molar-refractivity contribution in [2.24, 2.45) is 5.73 Å². The fourth-order valence-corrected chi connectivity index (χ4v) is 2.88. The van der Waals surface area contributed by atoms with E-state index in [-0.39, 0.29) is 11.9 Å². The molecule has 2 rings (SSSR count). The first-order valence-corrected chi connectivity index (χ1v) is 6.25. The topological polar surface area (TPSA) is 51.8 Å². The van der Waals surface area contributed by atoms with Crippen LogP contribution in [0, 0.1) is 5.82 Å². The highest BCUT2D eigenvalue weighted by molar-refractivity contribution is 8.01. The Balaban J connectivity index is 2.33. The van der Waals surface area contributed by atoms with Crippen LogP contribution in [-0.2, 0) is 0 Å². The van der Waals surface area contributed by atoms with Crippen LogP contribution in [0.1, 0.15) is 18.5 Å². The predicted molar refractivity (Wildman–Crippen MR) is 63.0 cm³/mol. The maximum Gasteiger partial charge on any atom is 0.174 e. The molecule has 3 nitrogen and oxygen atoms in total. The summed E-state index contributed by atoms with van der Waals surface area (Å²) in [4.78, 5) is 4.99. The molecule has 1 aromatic heterocycles. The van der Waals surface area contributed by atoms with Crippen molar-refractivity contribution in [2.45, 2.75) is 22.2 Å². The Morgan fingerprint density at radius 3 is 2.94 bits per heavy atom. The van der Waals surface area contributed by atoms with Gasteiger partial charge in [0.05, 0.1) is 0 Å². The van der Waals surface area contributed by atoms with Crippen molar-refractivity contribution < 1.29 is 4.39 Å². The van der Waals surface area contributed by atoms with Crippen LogP contribution in [0.4, 0.5) is 4.39 Å². The lowest BCUT2D eigenvalue weighted by Crippen LogP contribution is -2.06. The van der Waals surface area contributed by atoms with Gasteiger partial charge in [0, 0.05) is 10.9 Å². The van der Waals surface area contributed by atoms with Gasteiger partial charge in [-0.15, -0.1) is 0 Å². The van der Waals surface area contributed by atoms with Gasteiger partial charge in [-0.25, -0.2) is 9.37 Å². The summed E-state index contributed by atoms with van der Waals surface area (Å²) in [6, 6.07) is 4.41. The third kappa shape index (κ3) is 2.58. The van der Waals surface area contributed by atoms with E-state index in [0.29, 0.717) is 0 Å². The maximum atomic E-state index is 13.1. The van der Waals surface area contributed by atoms with Gasteiger partial charge in [-0.1, -0.05) is 11.8 Å². The Labute approximate surface area is 101 Å². The molecule has 0 radical (unpaired) electrons. The second kappa shape index (κ2) is 4.90. The Morgan fingerprint density at radius 1 is 1.50 bits per heavy atom. The van der Waals surface area contributed by atoms with E-state index in [1.54, 1.807) is 6.07 Å². The molecule has 2 aromatic rings. The lowest BCUT2D eigenvalue weighted by Gasteiger charge is -2.10. The molecule has 0 aliphatic rings. The highest BCUT2D eigenvalue weighted by Gasteiger charge is 2.11. The van der Waals surface area contributed by atoms with Crippen molar-refractivity contribution >= 4 is 23.3 Å². The zero-order valence-corrected chi connectivity index (χ0v) is 10.2. The quantitative estimate of drug-likeness (QED) is 0.916. The molecule has 16 heavy (non-hydrogen) atoms. The smallest absolute Gasteiger partial charge is 0.174 e. The Kier molecular flexibility index (Phi) is 3.52. The molecule has 0 saturated carbocycles. The molecule has 0 fully saturated rings. The standard InChI is InChI=1S/C10H10FN3S2/c1-6(12)8-4-7(11)2-3-9(8)15-10-13-5-14-16-10/h2-6H,12H2,1H3/t6-/m0/s1. The lowest BCUT2D eigenvalue weighted by molar-refractivity contribution is 0.619. The maximum absolute atomic E-state index is 13.1. The third-order valence-electron chi connectivity index (χ3n) is 2.00. The van der Waals surface area contributed by atoms with Crippen molar-refractivity contribution in [3.8, 4) is 0 Å². The van der Waals surface area contributed by atoms with Crippen molar-refractivity contribution in [3.05, 3.63) is 35.9 Å². The van der Waals surface area contributed by atoms with Gasteiger partial charge in [-0.05, 0) is 42.2 Å². The van der Waals surface area contributed by atoms with Crippen molar-refractivity contribution in [3.63, 3.8) is 0 Å². The number of hydrogen-bond acceptors (Lipinski definition) is 5. The van der Waals surface area contributed by atoms with E-state index < -0.39 is 0 Å². The summed E-state index contributed by atoms with van der Waals surface area (Å²) in [5.74, 6) is -0.270. The molecule has 0 aliphatic carbocycles. The minimum atomic E-state index is -0.270. The third-order valence-corrected chi connectivity index (χ3v) is 3.81. The fourth-order valence-electron chi connectivity index (χ4n) is 1.27. The summed E-state index contributed by atoms with van der Waals surface area (Å²) in [6.07, 6.45) is 1.50. The number of aromatic nitrogens is 2. The number of hydrogen-bond donors (Lipinski definition) is 1. The van der Waals surface area contributed by atoms with Gasteiger partial charge in [-0.2, -0.15) is 4.37 Å². The summed E-state index contributed by atoms with van der Waals surface area (Å²) in [6.45, 7) is 1.83. The Morgan fingerprint density at radius 2 is 2.31 bits per heavy atom. The number of nitrogens with two attached hydrogens (primary N) is 1. The largest absolute Gasteiger partial charge is 0.324 e. The molecular weight excluding hydrogens is 245 g/mol. The molecule has 2 N–H and O–H groups in total. The van der Waals surface area contributed by atoms with Gasteiger partial charge in [0.15, 0.2) is 4.34 Å². The number of halogens is 1. The summed E-state index contributed by atoms with van der Waals surface area (Å²) in [7, 11) is 0. The molecule has 1 heterocycles. The summed E-state index contributed by atoms with van der Waals surface area (Å²) >= 11 is 2.77. The van der Waals surface area contributed by atoms with Crippen LogP contribution in [0.5, 0.6) is 0 Å². The average Bonchev–Trinajstić information content (AvgIpc) is 2.73. The predicted octanol–water partition coefficient (Wildman–Crippen LogP) is 2.85. The first kappa shape index (κ1) is 11.5. The first-order chi connectivity index (χ1) is 7.66. The van der Waals surface area contributed by atoms with Gasteiger partial charge >= 0.3 is 0 Å². The van der Waals surface area contributed by atoms with Crippen molar-refractivity contribution in [1.29, 1.82) is 0 Å². The molecule has 0 unspecified atom stereocenters. The highest BCUT2D eigenvalue weighted by Crippen LogP contribution is 2.33. The van der Waals surface area contributed by atoms with E-state index in [0.717, 1.165) is 14.8 Å². The number of rotatable bonds is 3. The van der Waals surface area contributed by atoms with E-state index in [9.17, 15) is 4.39 Å². The first-order valence-electron chi connectivity index (χ1n) is 4.66. The van der Waals surface area contributed by atoms with Gasteiger partial charge < -0.3 is 5.73 Å². The van der Waals surface area contributed by atoms with E-state index in [1.165, 1.54) is 41.8 Å². The average molecular weight is 255 g/mol. The minimum absolute atomic E-state index is 0.203. The van der Waals surface area contributed by atoms with Crippen molar-refractivity contribution in [2.75, 3.05) is 0 Å². The molecule has 0 saturated heterocycles. The molecule has 1 aromatic carbocycles. The van der Waals surface area contributed by atoms with E-state index in [1.807, 2.05) is 6.92 Å². The van der Waals surface area contributed by atoms with E-state index in [4.69, 9.17) is 5.73 Å². The zero-order valence-electron chi connectivity index (χ0n) is 8.55. The van der Waals surface area contributed by atoms with Crippen LogP contribution in [0.2, 0.25) is 0 Å². The molecule has 84 valence electrons. The molecule has 0 bridgehead atoms. The summed E-state index contributed by atoms with van der Waals surface area (Å²) in [5.41, 5.74) is 6.59. The SMILES string of the molecule is C[C@H](N)c1cc(F)ccc1Sc1ncns1. The number of nitrogens with zero attached hydrogens (tertiary/aromatic N) is 2. The van der Waals surface area contributed by atoms with Crippen LogP contribution in [0.3, 0.4) is 0 Å².